The highest BCUT2D eigenvalue weighted by Crippen LogP contribution is 2.39. The molecule has 1 unspecified atom stereocenters. The SMILES string of the molecule is CCCC(C)(C)OCCC1CCCC(C)(C)C1. The lowest BCUT2D eigenvalue weighted by Crippen LogP contribution is -2.27. The molecule has 0 aromatic rings. The van der Waals surface area contributed by atoms with E-state index in [1.54, 1.807) is 0 Å². The van der Waals surface area contributed by atoms with Gasteiger partial charge in [0.25, 0.3) is 0 Å². The monoisotopic (exact) mass is 240 g/mol. The smallest absolute Gasteiger partial charge is 0.0626 e. The molecule has 0 N–H and O–H groups in total. The molecule has 1 aliphatic carbocycles. The Morgan fingerprint density at radius 2 is 2.00 bits per heavy atom. The van der Waals surface area contributed by atoms with E-state index in [0.717, 1.165) is 12.5 Å². The maximum atomic E-state index is 6.04. The van der Waals surface area contributed by atoms with E-state index in [2.05, 4.69) is 34.6 Å². The van der Waals surface area contributed by atoms with Gasteiger partial charge in [-0.15, -0.1) is 0 Å². The van der Waals surface area contributed by atoms with Gasteiger partial charge in [-0.3, -0.25) is 0 Å². The van der Waals surface area contributed by atoms with Gasteiger partial charge in [0.2, 0.25) is 0 Å². The minimum absolute atomic E-state index is 0.0823. The molecule has 102 valence electrons. The summed E-state index contributed by atoms with van der Waals surface area (Å²) in [5.41, 5.74) is 0.654. The molecule has 0 amide bonds. The first-order chi connectivity index (χ1) is 7.85. The predicted octanol–water partition coefficient (Wildman–Crippen LogP) is 5.19. The molecule has 1 heteroatoms. The first-order valence-corrected chi connectivity index (χ1v) is 7.49. The second-order valence-electron chi connectivity index (χ2n) is 7.27. The van der Waals surface area contributed by atoms with Crippen LogP contribution in [0, 0.1) is 11.3 Å². The third-order valence-electron chi connectivity index (χ3n) is 4.18. The van der Waals surface area contributed by atoms with Crippen molar-refractivity contribution in [1.82, 2.24) is 0 Å². The van der Waals surface area contributed by atoms with Crippen LogP contribution in [0.4, 0.5) is 0 Å². The van der Waals surface area contributed by atoms with Crippen molar-refractivity contribution in [3.05, 3.63) is 0 Å². The van der Waals surface area contributed by atoms with Gasteiger partial charge >= 0.3 is 0 Å². The van der Waals surface area contributed by atoms with Crippen LogP contribution >= 0.6 is 0 Å². The van der Waals surface area contributed by atoms with Crippen molar-refractivity contribution in [2.75, 3.05) is 6.61 Å². The molecule has 0 heterocycles. The summed E-state index contributed by atoms with van der Waals surface area (Å²) >= 11 is 0. The van der Waals surface area contributed by atoms with E-state index < -0.39 is 0 Å². The van der Waals surface area contributed by atoms with Crippen molar-refractivity contribution in [1.29, 1.82) is 0 Å². The molecular formula is C16H32O. The van der Waals surface area contributed by atoms with Crippen molar-refractivity contribution in [2.45, 2.75) is 85.2 Å². The average Bonchev–Trinajstić information content (AvgIpc) is 2.15. The lowest BCUT2D eigenvalue weighted by atomic mass is 9.71. The summed E-state index contributed by atoms with van der Waals surface area (Å²) < 4.78 is 6.04. The van der Waals surface area contributed by atoms with Crippen LogP contribution in [0.5, 0.6) is 0 Å². The minimum Gasteiger partial charge on any atom is -0.376 e. The topological polar surface area (TPSA) is 9.23 Å². The summed E-state index contributed by atoms with van der Waals surface area (Å²) in [4.78, 5) is 0. The van der Waals surface area contributed by atoms with Gasteiger partial charge in [-0.05, 0) is 50.9 Å². The number of hydrogen-bond acceptors (Lipinski definition) is 1. The minimum atomic E-state index is 0.0823. The normalized spacial score (nSPS) is 24.9. The Bertz CT molecular complexity index is 218. The third-order valence-corrected chi connectivity index (χ3v) is 4.18. The first-order valence-electron chi connectivity index (χ1n) is 7.49. The Morgan fingerprint density at radius 3 is 2.59 bits per heavy atom. The highest BCUT2D eigenvalue weighted by atomic mass is 16.5. The quantitative estimate of drug-likeness (QED) is 0.621. The van der Waals surface area contributed by atoms with Crippen LogP contribution in [0.3, 0.4) is 0 Å². The average molecular weight is 240 g/mol. The van der Waals surface area contributed by atoms with E-state index in [1.807, 2.05) is 0 Å². The van der Waals surface area contributed by atoms with Gasteiger partial charge in [-0.25, -0.2) is 0 Å². The fourth-order valence-electron chi connectivity index (χ4n) is 3.28. The zero-order chi connectivity index (χ0) is 12.9. The number of ether oxygens (including phenoxy) is 1. The molecule has 0 aromatic carbocycles. The van der Waals surface area contributed by atoms with Crippen molar-refractivity contribution in [3.63, 3.8) is 0 Å². The summed E-state index contributed by atoms with van der Waals surface area (Å²) in [5, 5.41) is 0. The van der Waals surface area contributed by atoms with Crippen molar-refractivity contribution < 1.29 is 4.74 Å². The predicted molar refractivity (Wildman–Crippen MR) is 75.3 cm³/mol. The van der Waals surface area contributed by atoms with Crippen LogP contribution in [-0.4, -0.2) is 12.2 Å². The molecular weight excluding hydrogens is 208 g/mol. The van der Waals surface area contributed by atoms with E-state index >= 15 is 0 Å². The summed E-state index contributed by atoms with van der Waals surface area (Å²) in [7, 11) is 0. The van der Waals surface area contributed by atoms with E-state index in [-0.39, 0.29) is 5.60 Å². The molecule has 1 saturated carbocycles. The summed E-state index contributed by atoms with van der Waals surface area (Å²) in [5.74, 6) is 0.899. The Labute approximate surface area is 108 Å². The maximum Gasteiger partial charge on any atom is 0.0626 e. The molecule has 1 rings (SSSR count). The van der Waals surface area contributed by atoms with Gasteiger partial charge in [0.1, 0.15) is 0 Å². The lowest BCUT2D eigenvalue weighted by molar-refractivity contribution is -0.0330. The summed E-state index contributed by atoms with van der Waals surface area (Å²) in [6, 6.07) is 0. The molecule has 0 bridgehead atoms. The molecule has 17 heavy (non-hydrogen) atoms. The second kappa shape index (κ2) is 6.22. The summed E-state index contributed by atoms with van der Waals surface area (Å²) in [6.07, 6.45) is 9.27. The largest absolute Gasteiger partial charge is 0.376 e. The first kappa shape index (κ1) is 15.0. The third kappa shape index (κ3) is 5.90. The van der Waals surface area contributed by atoms with Gasteiger partial charge in [0, 0.05) is 6.61 Å². The second-order valence-corrected chi connectivity index (χ2v) is 7.27. The summed E-state index contributed by atoms with van der Waals surface area (Å²) in [6.45, 7) is 12.5. The van der Waals surface area contributed by atoms with Crippen LogP contribution in [-0.2, 0) is 4.74 Å². The maximum absolute atomic E-state index is 6.04. The van der Waals surface area contributed by atoms with E-state index in [4.69, 9.17) is 4.74 Å². The van der Waals surface area contributed by atoms with Gasteiger partial charge < -0.3 is 4.74 Å². The van der Waals surface area contributed by atoms with Gasteiger partial charge in [-0.1, -0.05) is 40.0 Å². The number of hydrogen-bond donors (Lipinski definition) is 0. The fourth-order valence-corrected chi connectivity index (χ4v) is 3.28. The Morgan fingerprint density at radius 1 is 1.29 bits per heavy atom. The number of rotatable bonds is 6. The molecule has 1 aliphatic rings. The van der Waals surface area contributed by atoms with Gasteiger partial charge in [0.15, 0.2) is 0 Å². The molecule has 1 fully saturated rings. The van der Waals surface area contributed by atoms with Gasteiger partial charge in [0.05, 0.1) is 5.60 Å². The zero-order valence-corrected chi connectivity index (χ0v) is 12.6. The van der Waals surface area contributed by atoms with E-state index in [0.29, 0.717) is 5.41 Å². The van der Waals surface area contributed by atoms with Crippen molar-refractivity contribution in [3.8, 4) is 0 Å². The Hall–Kier alpha value is -0.0400. The van der Waals surface area contributed by atoms with Crippen LogP contribution in [0.25, 0.3) is 0 Å². The molecule has 0 aliphatic heterocycles. The van der Waals surface area contributed by atoms with Crippen molar-refractivity contribution >= 4 is 0 Å². The standard InChI is InChI=1S/C16H32O/c1-6-10-16(4,5)17-12-9-14-8-7-11-15(2,3)13-14/h14H,6-13H2,1-5H3. The van der Waals surface area contributed by atoms with Crippen LogP contribution in [0.15, 0.2) is 0 Å². The van der Waals surface area contributed by atoms with E-state index in [9.17, 15) is 0 Å². The van der Waals surface area contributed by atoms with Gasteiger partial charge in [-0.2, -0.15) is 0 Å². The fraction of sp³-hybridized carbons (Fsp3) is 1.00. The molecule has 0 saturated heterocycles. The van der Waals surface area contributed by atoms with Crippen LogP contribution in [0.1, 0.15) is 79.6 Å². The molecule has 0 aromatic heterocycles. The van der Waals surface area contributed by atoms with Crippen molar-refractivity contribution in [2.24, 2.45) is 11.3 Å². The van der Waals surface area contributed by atoms with Crippen LogP contribution < -0.4 is 0 Å². The Kier molecular flexibility index (Phi) is 5.50. The van der Waals surface area contributed by atoms with E-state index in [1.165, 1.54) is 44.9 Å². The zero-order valence-electron chi connectivity index (χ0n) is 12.6. The molecule has 1 atom stereocenters. The highest BCUT2D eigenvalue weighted by molar-refractivity contribution is 4.79. The molecule has 0 spiro atoms. The van der Waals surface area contributed by atoms with Crippen LogP contribution in [0.2, 0.25) is 0 Å². The lowest BCUT2D eigenvalue weighted by Gasteiger charge is -2.35. The molecule has 0 radical (unpaired) electrons. The Balaban J connectivity index is 2.22. The highest BCUT2D eigenvalue weighted by Gasteiger charge is 2.28. The molecule has 1 nitrogen and oxygen atoms in total.